The molecule has 0 aromatic carbocycles. The van der Waals surface area contributed by atoms with E-state index in [-0.39, 0.29) is 5.95 Å². The number of nitrogen functional groups attached to an aromatic ring is 2. The van der Waals surface area contributed by atoms with Crippen molar-refractivity contribution in [2.45, 2.75) is 18.8 Å². The zero-order valence-electron chi connectivity index (χ0n) is 7.40. The molecule has 13 heavy (non-hydrogen) atoms. The van der Waals surface area contributed by atoms with Gasteiger partial charge in [-0.2, -0.15) is 0 Å². The van der Waals surface area contributed by atoms with Gasteiger partial charge in [0.05, 0.1) is 0 Å². The van der Waals surface area contributed by atoms with Crippen molar-refractivity contribution in [1.29, 1.82) is 0 Å². The van der Waals surface area contributed by atoms with Crippen molar-refractivity contribution in [2.24, 2.45) is 0 Å². The van der Waals surface area contributed by atoms with Gasteiger partial charge in [0.25, 0.3) is 0 Å². The van der Waals surface area contributed by atoms with Crippen LogP contribution in [-0.2, 0) is 0 Å². The summed E-state index contributed by atoms with van der Waals surface area (Å²) in [5.74, 6) is 7.08. The van der Waals surface area contributed by atoms with Gasteiger partial charge in [-0.15, -0.1) is 10.2 Å². The minimum atomic E-state index is 0.278. The summed E-state index contributed by atoms with van der Waals surface area (Å²) in [6.45, 7) is 1.99. The summed E-state index contributed by atoms with van der Waals surface area (Å²) in [6, 6.07) is 0. The summed E-state index contributed by atoms with van der Waals surface area (Å²) in [5, 5.41) is 11.0. The lowest BCUT2D eigenvalue weighted by atomic mass is 9.99. The highest BCUT2D eigenvalue weighted by Crippen LogP contribution is 2.20. The average molecular weight is 182 g/mol. The van der Waals surface area contributed by atoms with Gasteiger partial charge in [0.1, 0.15) is 0 Å². The molecular weight excluding hydrogens is 168 g/mol. The van der Waals surface area contributed by atoms with E-state index in [9.17, 15) is 0 Å². The van der Waals surface area contributed by atoms with Gasteiger partial charge in [0.15, 0.2) is 5.82 Å². The van der Waals surface area contributed by atoms with Crippen LogP contribution >= 0.6 is 0 Å². The zero-order valence-corrected chi connectivity index (χ0v) is 7.40. The molecule has 0 bridgehead atoms. The van der Waals surface area contributed by atoms with Gasteiger partial charge >= 0.3 is 0 Å². The highest BCUT2D eigenvalue weighted by atomic mass is 15.4. The quantitative estimate of drug-likeness (QED) is 0.486. The maximum absolute atomic E-state index is 5.67. The van der Waals surface area contributed by atoms with E-state index in [1.165, 1.54) is 4.68 Å². The molecule has 0 spiro atoms. The number of nitrogens with one attached hydrogen (secondary N) is 1. The van der Waals surface area contributed by atoms with E-state index in [0.717, 1.165) is 31.8 Å². The Hall–Kier alpha value is -1.30. The topological polar surface area (TPSA) is 94.8 Å². The maximum Gasteiger partial charge on any atom is 0.240 e. The highest BCUT2D eigenvalue weighted by Gasteiger charge is 2.21. The van der Waals surface area contributed by atoms with Gasteiger partial charge in [-0.05, 0) is 19.4 Å². The third-order valence-corrected chi connectivity index (χ3v) is 2.41. The Labute approximate surface area is 76.3 Å². The van der Waals surface area contributed by atoms with Crippen LogP contribution in [0.25, 0.3) is 0 Å². The van der Waals surface area contributed by atoms with Gasteiger partial charge in [0, 0.05) is 12.5 Å². The molecule has 1 aromatic heterocycles. The van der Waals surface area contributed by atoms with Crippen LogP contribution in [0.5, 0.6) is 0 Å². The van der Waals surface area contributed by atoms with Crippen LogP contribution in [0.15, 0.2) is 0 Å². The Balaban J connectivity index is 2.18. The number of rotatable bonds is 1. The van der Waals surface area contributed by atoms with Crippen LogP contribution in [0.4, 0.5) is 5.95 Å². The molecule has 1 fully saturated rings. The molecule has 1 aliphatic rings. The van der Waals surface area contributed by atoms with Crippen molar-refractivity contribution < 1.29 is 0 Å². The summed E-state index contributed by atoms with van der Waals surface area (Å²) in [5.41, 5.74) is 5.49. The molecule has 1 saturated heterocycles. The normalized spacial score (nSPS) is 23.2. The van der Waals surface area contributed by atoms with Gasteiger partial charge in [0.2, 0.25) is 5.95 Å². The van der Waals surface area contributed by atoms with Crippen LogP contribution < -0.4 is 16.9 Å². The van der Waals surface area contributed by atoms with Crippen molar-refractivity contribution in [1.82, 2.24) is 20.2 Å². The number of hydrogen-bond acceptors (Lipinski definition) is 5. The minimum Gasteiger partial charge on any atom is -0.366 e. The van der Waals surface area contributed by atoms with E-state index < -0.39 is 0 Å². The predicted molar refractivity (Wildman–Crippen MR) is 49.4 cm³/mol. The Bertz CT molecular complexity index is 287. The molecule has 2 heterocycles. The first kappa shape index (κ1) is 8.31. The molecule has 0 unspecified atom stereocenters. The van der Waals surface area contributed by atoms with E-state index in [2.05, 4.69) is 15.5 Å². The summed E-state index contributed by atoms with van der Waals surface area (Å²) in [4.78, 5) is 0. The fourth-order valence-corrected chi connectivity index (χ4v) is 1.67. The first-order chi connectivity index (χ1) is 6.29. The Kier molecular flexibility index (Phi) is 2.05. The summed E-state index contributed by atoms with van der Waals surface area (Å²) < 4.78 is 1.37. The number of nitrogens with two attached hydrogens (primary N) is 2. The second kappa shape index (κ2) is 3.21. The molecule has 6 nitrogen and oxygen atoms in total. The largest absolute Gasteiger partial charge is 0.366 e. The number of piperidine rings is 1. The predicted octanol–water partition coefficient (Wildman–Crippen LogP) is -0.959. The molecule has 72 valence electrons. The number of nitrogens with zero attached hydrogens (tertiary/aromatic N) is 3. The van der Waals surface area contributed by atoms with Crippen LogP contribution in [0.3, 0.4) is 0 Å². The molecule has 1 aliphatic heterocycles. The molecule has 0 radical (unpaired) electrons. The zero-order chi connectivity index (χ0) is 9.26. The Morgan fingerprint density at radius 3 is 2.85 bits per heavy atom. The van der Waals surface area contributed by atoms with Gasteiger partial charge in [-0.3, -0.25) is 0 Å². The molecule has 2 rings (SSSR count). The van der Waals surface area contributed by atoms with Crippen LogP contribution in [0.2, 0.25) is 0 Å². The Morgan fingerprint density at radius 1 is 1.46 bits per heavy atom. The smallest absolute Gasteiger partial charge is 0.240 e. The van der Waals surface area contributed by atoms with Crippen molar-refractivity contribution in [3.05, 3.63) is 5.82 Å². The monoisotopic (exact) mass is 182 g/mol. The molecule has 1 aromatic rings. The average Bonchev–Trinajstić information content (AvgIpc) is 2.49. The van der Waals surface area contributed by atoms with Crippen molar-refractivity contribution in [3.8, 4) is 0 Å². The molecule has 0 saturated carbocycles. The number of aromatic nitrogens is 3. The van der Waals surface area contributed by atoms with E-state index >= 15 is 0 Å². The second-order valence-electron chi connectivity index (χ2n) is 3.33. The molecular formula is C7H14N6. The van der Waals surface area contributed by atoms with Crippen LogP contribution in [0, 0.1) is 0 Å². The number of hydrogen-bond donors (Lipinski definition) is 3. The van der Waals surface area contributed by atoms with E-state index in [0.29, 0.717) is 5.92 Å². The lowest BCUT2D eigenvalue weighted by Crippen LogP contribution is -2.31. The maximum atomic E-state index is 5.67. The van der Waals surface area contributed by atoms with E-state index in [1.54, 1.807) is 0 Å². The summed E-state index contributed by atoms with van der Waals surface area (Å²) in [7, 11) is 0. The first-order valence-corrected chi connectivity index (χ1v) is 4.45. The lowest BCUT2D eigenvalue weighted by Gasteiger charge is -2.21. The SMILES string of the molecule is Nc1nnc([C@@H]2CCCNC2)n1N. The minimum absolute atomic E-state index is 0.278. The Morgan fingerprint density at radius 2 is 2.31 bits per heavy atom. The van der Waals surface area contributed by atoms with Gasteiger partial charge in [-0.25, -0.2) is 4.68 Å². The van der Waals surface area contributed by atoms with Crippen LogP contribution in [0.1, 0.15) is 24.6 Å². The highest BCUT2D eigenvalue weighted by molar-refractivity contribution is 5.19. The summed E-state index contributed by atoms with van der Waals surface area (Å²) in [6.07, 6.45) is 2.25. The van der Waals surface area contributed by atoms with E-state index in [4.69, 9.17) is 11.6 Å². The third kappa shape index (κ3) is 1.44. The van der Waals surface area contributed by atoms with Crippen molar-refractivity contribution >= 4 is 5.95 Å². The lowest BCUT2D eigenvalue weighted by molar-refractivity contribution is 0.441. The number of anilines is 1. The van der Waals surface area contributed by atoms with Crippen molar-refractivity contribution in [2.75, 3.05) is 24.7 Å². The molecule has 1 atom stereocenters. The molecule has 0 aliphatic carbocycles. The van der Waals surface area contributed by atoms with Crippen molar-refractivity contribution in [3.63, 3.8) is 0 Å². The fourth-order valence-electron chi connectivity index (χ4n) is 1.67. The summed E-state index contributed by atoms with van der Waals surface area (Å²) >= 11 is 0. The van der Waals surface area contributed by atoms with Crippen LogP contribution in [-0.4, -0.2) is 28.0 Å². The molecule has 0 amide bonds. The molecule has 5 N–H and O–H groups in total. The van der Waals surface area contributed by atoms with Gasteiger partial charge < -0.3 is 16.9 Å². The van der Waals surface area contributed by atoms with Gasteiger partial charge in [-0.1, -0.05) is 0 Å². The van der Waals surface area contributed by atoms with E-state index in [1.807, 2.05) is 0 Å². The second-order valence-corrected chi connectivity index (χ2v) is 3.33. The first-order valence-electron chi connectivity index (χ1n) is 4.45. The fraction of sp³-hybridized carbons (Fsp3) is 0.714. The standard InChI is InChI=1S/C7H14N6/c8-7-12-11-6(13(7)9)5-2-1-3-10-4-5/h5,10H,1-4,9H2,(H2,8,12)/t5-/m1/s1. The molecule has 6 heteroatoms. The third-order valence-electron chi connectivity index (χ3n) is 2.41.